The Bertz CT molecular complexity index is 921. The maximum atomic E-state index is 12.2. The largest absolute Gasteiger partial charge is 0.496 e. The molecule has 0 atom stereocenters. The van der Waals surface area contributed by atoms with Crippen LogP contribution in [0.4, 0.5) is 5.13 Å². The monoisotopic (exact) mass is 368 g/mol. The van der Waals surface area contributed by atoms with Crippen molar-refractivity contribution in [1.82, 2.24) is 4.98 Å². The van der Waals surface area contributed by atoms with Crippen molar-refractivity contribution in [3.63, 3.8) is 0 Å². The SMILES string of the molecule is COc1ccccc1-c1csc(NC(=O)COc2cccc(C)c2C)n1. The summed E-state index contributed by atoms with van der Waals surface area (Å²) in [7, 11) is 1.62. The molecule has 0 aliphatic carbocycles. The van der Waals surface area contributed by atoms with Gasteiger partial charge in [-0.3, -0.25) is 10.1 Å². The van der Waals surface area contributed by atoms with Crippen LogP contribution in [0, 0.1) is 13.8 Å². The molecule has 0 bridgehead atoms. The van der Waals surface area contributed by atoms with Gasteiger partial charge in [-0.2, -0.15) is 0 Å². The molecule has 2 aromatic carbocycles. The van der Waals surface area contributed by atoms with Gasteiger partial charge in [-0.15, -0.1) is 11.3 Å². The van der Waals surface area contributed by atoms with Crippen molar-refractivity contribution in [2.45, 2.75) is 13.8 Å². The third-order valence-corrected chi connectivity index (χ3v) is 4.80. The van der Waals surface area contributed by atoms with Gasteiger partial charge in [-0.25, -0.2) is 4.98 Å². The minimum absolute atomic E-state index is 0.0616. The second-order valence-corrected chi connectivity index (χ2v) is 6.63. The Morgan fingerprint density at radius 3 is 2.69 bits per heavy atom. The highest BCUT2D eigenvalue weighted by Crippen LogP contribution is 2.31. The van der Waals surface area contributed by atoms with Crippen LogP contribution in [0.15, 0.2) is 47.8 Å². The van der Waals surface area contributed by atoms with Gasteiger partial charge >= 0.3 is 0 Å². The van der Waals surface area contributed by atoms with Crippen LogP contribution in [-0.4, -0.2) is 24.6 Å². The molecule has 1 amide bonds. The number of nitrogens with one attached hydrogen (secondary N) is 1. The summed E-state index contributed by atoms with van der Waals surface area (Å²) in [5.74, 6) is 1.22. The Labute approximate surface area is 156 Å². The zero-order chi connectivity index (χ0) is 18.5. The van der Waals surface area contributed by atoms with Gasteiger partial charge < -0.3 is 9.47 Å². The molecule has 0 aliphatic rings. The third kappa shape index (κ3) is 4.03. The minimum atomic E-state index is -0.244. The predicted octanol–water partition coefficient (Wildman–Crippen LogP) is 4.45. The van der Waals surface area contributed by atoms with Crippen molar-refractivity contribution >= 4 is 22.4 Å². The van der Waals surface area contributed by atoms with Crippen molar-refractivity contribution in [3.05, 3.63) is 59.0 Å². The molecule has 5 nitrogen and oxygen atoms in total. The van der Waals surface area contributed by atoms with Crippen LogP contribution in [0.3, 0.4) is 0 Å². The van der Waals surface area contributed by atoms with Crippen LogP contribution in [0.1, 0.15) is 11.1 Å². The molecule has 0 radical (unpaired) electrons. The molecule has 0 saturated heterocycles. The first-order valence-corrected chi connectivity index (χ1v) is 9.04. The van der Waals surface area contributed by atoms with Gasteiger partial charge in [-0.05, 0) is 43.2 Å². The van der Waals surface area contributed by atoms with Crippen LogP contribution in [0.2, 0.25) is 0 Å². The fourth-order valence-corrected chi connectivity index (χ4v) is 3.22. The molecular formula is C20H20N2O3S. The number of aromatic nitrogens is 1. The lowest BCUT2D eigenvalue weighted by atomic mass is 10.1. The molecule has 1 heterocycles. The van der Waals surface area contributed by atoms with E-state index in [9.17, 15) is 4.79 Å². The molecule has 134 valence electrons. The average Bonchev–Trinajstić information content (AvgIpc) is 3.11. The lowest BCUT2D eigenvalue weighted by molar-refractivity contribution is -0.118. The molecule has 3 aromatic rings. The second-order valence-electron chi connectivity index (χ2n) is 5.77. The number of rotatable bonds is 6. The van der Waals surface area contributed by atoms with Crippen LogP contribution in [-0.2, 0) is 4.79 Å². The molecule has 1 N–H and O–H groups in total. The number of ether oxygens (including phenoxy) is 2. The first-order valence-electron chi connectivity index (χ1n) is 8.16. The van der Waals surface area contributed by atoms with E-state index < -0.39 is 0 Å². The van der Waals surface area contributed by atoms with E-state index in [-0.39, 0.29) is 12.5 Å². The molecule has 0 spiro atoms. The lowest BCUT2D eigenvalue weighted by Crippen LogP contribution is -2.20. The van der Waals surface area contributed by atoms with Crippen LogP contribution in [0.25, 0.3) is 11.3 Å². The highest BCUT2D eigenvalue weighted by molar-refractivity contribution is 7.14. The maximum absolute atomic E-state index is 12.2. The highest BCUT2D eigenvalue weighted by atomic mass is 32.1. The fourth-order valence-electron chi connectivity index (χ4n) is 2.49. The fraction of sp³-hybridized carbons (Fsp3) is 0.200. The van der Waals surface area contributed by atoms with Gasteiger partial charge in [0.05, 0.1) is 12.8 Å². The Hall–Kier alpha value is -2.86. The van der Waals surface area contributed by atoms with Crippen molar-refractivity contribution in [2.75, 3.05) is 19.0 Å². The Morgan fingerprint density at radius 2 is 1.88 bits per heavy atom. The summed E-state index contributed by atoms with van der Waals surface area (Å²) in [6.45, 7) is 3.92. The van der Waals surface area contributed by atoms with E-state index >= 15 is 0 Å². The van der Waals surface area contributed by atoms with E-state index in [0.29, 0.717) is 10.9 Å². The van der Waals surface area contributed by atoms with Crippen molar-refractivity contribution in [3.8, 4) is 22.8 Å². The van der Waals surface area contributed by atoms with Crippen LogP contribution < -0.4 is 14.8 Å². The Kier molecular flexibility index (Phi) is 5.53. The third-order valence-electron chi connectivity index (χ3n) is 4.05. The average molecular weight is 368 g/mol. The summed E-state index contributed by atoms with van der Waals surface area (Å²) >= 11 is 1.37. The molecular weight excluding hydrogens is 348 g/mol. The Morgan fingerprint density at radius 1 is 1.12 bits per heavy atom. The molecule has 6 heteroatoms. The van der Waals surface area contributed by atoms with Gasteiger partial charge in [-0.1, -0.05) is 24.3 Å². The molecule has 3 rings (SSSR count). The molecule has 1 aromatic heterocycles. The molecule has 0 fully saturated rings. The van der Waals surface area contributed by atoms with E-state index in [1.54, 1.807) is 7.11 Å². The lowest BCUT2D eigenvalue weighted by Gasteiger charge is -2.10. The number of para-hydroxylation sites is 1. The molecule has 0 aliphatic heterocycles. The topological polar surface area (TPSA) is 60.5 Å². The number of benzene rings is 2. The number of carbonyl (C=O) groups excluding carboxylic acids is 1. The first-order chi connectivity index (χ1) is 12.6. The van der Waals surface area contributed by atoms with E-state index in [1.807, 2.05) is 61.7 Å². The minimum Gasteiger partial charge on any atom is -0.496 e. The van der Waals surface area contributed by atoms with Crippen LogP contribution in [0.5, 0.6) is 11.5 Å². The molecule has 0 unspecified atom stereocenters. The summed E-state index contributed by atoms with van der Waals surface area (Å²) in [6.07, 6.45) is 0. The van der Waals surface area contributed by atoms with Gasteiger partial charge in [0.15, 0.2) is 11.7 Å². The summed E-state index contributed by atoms with van der Waals surface area (Å²) in [5, 5.41) is 5.19. The van der Waals surface area contributed by atoms with E-state index in [4.69, 9.17) is 9.47 Å². The normalized spacial score (nSPS) is 10.4. The molecule has 0 saturated carbocycles. The smallest absolute Gasteiger partial charge is 0.264 e. The highest BCUT2D eigenvalue weighted by Gasteiger charge is 2.12. The maximum Gasteiger partial charge on any atom is 0.264 e. The number of amides is 1. The Balaban J connectivity index is 1.64. The summed E-state index contributed by atoms with van der Waals surface area (Å²) in [5.41, 5.74) is 3.81. The second kappa shape index (κ2) is 8.01. The number of nitrogens with zero attached hydrogens (tertiary/aromatic N) is 1. The predicted molar refractivity (Wildman–Crippen MR) is 104 cm³/mol. The van der Waals surface area contributed by atoms with Gasteiger partial charge in [0, 0.05) is 10.9 Å². The molecule has 26 heavy (non-hydrogen) atoms. The standard InChI is InChI=1S/C20H20N2O3S/c1-13-7-6-10-17(14(13)2)25-11-19(23)22-20-21-16(12-26-20)15-8-4-5-9-18(15)24-3/h4-10,12H,11H2,1-3H3,(H,21,22,23). The van der Waals surface area contributed by atoms with Gasteiger partial charge in [0.1, 0.15) is 11.5 Å². The first kappa shape index (κ1) is 17.9. The van der Waals surface area contributed by atoms with Crippen molar-refractivity contribution < 1.29 is 14.3 Å². The van der Waals surface area contributed by atoms with Gasteiger partial charge in [0.25, 0.3) is 5.91 Å². The summed E-state index contributed by atoms with van der Waals surface area (Å²) in [4.78, 5) is 16.6. The van der Waals surface area contributed by atoms with E-state index in [1.165, 1.54) is 11.3 Å². The zero-order valence-corrected chi connectivity index (χ0v) is 15.7. The number of methoxy groups -OCH3 is 1. The quantitative estimate of drug-likeness (QED) is 0.698. The number of thiazole rings is 1. The van der Waals surface area contributed by atoms with Crippen molar-refractivity contribution in [1.29, 1.82) is 0 Å². The summed E-state index contributed by atoms with van der Waals surface area (Å²) in [6, 6.07) is 13.4. The number of hydrogen-bond acceptors (Lipinski definition) is 5. The van der Waals surface area contributed by atoms with Crippen LogP contribution >= 0.6 is 11.3 Å². The number of hydrogen-bond donors (Lipinski definition) is 1. The van der Waals surface area contributed by atoms with Crippen molar-refractivity contribution in [2.24, 2.45) is 0 Å². The number of carbonyl (C=O) groups is 1. The number of anilines is 1. The summed E-state index contributed by atoms with van der Waals surface area (Å²) < 4.78 is 11.0. The zero-order valence-electron chi connectivity index (χ0n) is 14.9. The van der Waals surface area contributed by atoms with Gasteiger partial charge in [0.2, 0.25) is 0 Å². The van der Waals surface area contributed by atoms with E-state index in [0.717, 1.165) is 28.1 Å². The number of aryl methyl sites for hydroxylation is 1. The van der Waals surface area contributed by atoms with E-state index in [2.05, 4.69) is 10.3 Å².